The average molecular weight is 359 g/mol. The first kappa shape index (κ1) is 22.9. The summed E-state index contributed by atoms with van der Waals surface area (Å²) in [5, 5.41) is 0.144. The highest BCUT2D eigenvalue weighted by molar-refractivity contribution is 6.74. The van der Waals surface area contributed by atoms with Gasteiger partial charge < -0.3 is 13.9 Å². The molecule has 0 aliphatic rings. The number of hydrogen-bond acceptors (Lipinski definition) is 5. The van der Waals surface area contributed by atoms with Gasteiger partial charge in [-0.05, 0) is 45.3 Å². The largest absolute Gasteiger partial charge is 0.465 e. The zero-order valence-electron chi connectivity index (χ0n) is 16.5. The Morgan fingerprint density at radius 3 is 1.75 bits per heavy atom. The molecule has 0 N–H and O–H groups in total. The summed E-state index contributed by atoms with van der Waals surface area (Å²) in [4.78, 5) is 24.3. The summed E-state index contributed by atoms with van der Waals surface area (Å²) < 4.78 is 16.1. The SMILES string of the molecule is CCOC(=O)C(C)(C/C=C\CO[Si](C)(C)C(C)(C)C)C(=O)OCC. The van der Waals surface area contributed by atoms with Crippen LogP contribution in [0.2, 0.25) is 18.1 Å². The summed E-state index contributed by atoms with van der Waals surface area (Å²) in [5.41, 5.74) is -1.32. The Balaban J connectivity index is 4.84. The van der Waals surface area contributed by atoms with Crippen molar-refractivity contribution in [3.63, 3.8) is 0 Å². The molecule has 0 aliphatic heterocycles. The van der Waals surface area contributed by atoms with E-state index in [-0.39, 0.29) is 24.7 Å². The molecule has 0 aliphatic carbocycles. The molecule has 24 heavy (non-hydrogen) atoms. The van der Waals surface area contributed by atoms with Gasteiger partial charge in [0.15, 0.2) is 13.7 Å². The first-order valence-electron chi connectivity index (χ1n) is 8.55. The topological polar surface area (TPSA) is 61.8 Å². The van der Waals surface area contributed by atoms with Crippen LogP contribution < -0.4 is 0 Å². The predicted octanol–water partition coefficient (Wildman–Crippen LogP) is 4.09. The lowest BCUT2D eigenvalue weighted by Gasteiger charge is -2.35. The number of allylic oxidation sites excluding steroid dienone is 1. The van der Waals surface area contributed by atoms with E-state index < -0.39 is 25.7 Å². The van der Waals surface area contributed by atoms with Crippen molar-refractivity contribution < 1.29 is 23.5 Å². The van der Waals surface area contributed by atoms with Crippen LogP contribution >= 0.6 is 0 Å². The first-order valence-corrected chi connectivity index (χ1v) is 11.5. The molecule has 0 unspecified atom stereocenters. The van der Waals surface area contributed by atoms with Crippen molar-refractivity contribution in [3.05, 3.63) is 12.2 Å². The number of ether oxygens (including phenoxy) is 2. The van der Waals surface area contributed by atoms with Crippen molar-refractivity contribution in [3.8, 4) is 0 Å². The van der Waals surface area contributed by atoms with Gasteiger partial charge >= 0.3 is 11.9 Å². The van der Waals surface area contributed by atoms with Crippen LogP contribution in [0.1, 0.15) is 48.0 Å². The Kier molecular flexibility index (Phi) is 8.92. The van der Waals surface area contributed by atoms with Crippen LogP contribution in [-0.2, 0) is 23.5 Å². The minimum atomic E-state index is -1.80. The first-order chi connectivity index (χ1) is 10.9. The van der Waals surface area contributed by atoms with Crippen LogP contribution in [0.3, 0.4) is 0 Å². The van der Waals surface area contributed by atoms with Gasteiger partial charge in [0.05, 0.1) is 19.8 Å². The molecular weight excluding hydrogens is 324 g/mol. The Hall–Kier alpha value is -1.14. The number of hydrogen-bond donors (Lipinski definition) is 0. The lowest BCUT2D eigenvalue weighted by atomic mass is 9.86. The molecule has 0 rings (SSSR count). The van der Waals surface area contributed by atoms with Crippen LogP contribution in [0.25, 0.3) is 0 Å². The maximum atomic E-state index is 12.2. The summed E-state index contributed by atoms with van der Waals surface area (Å²) in [5.74, 6) is -1.11. The molecule has 0 saturated carbocycles. The fourth-order valence-corrected chi connectivity index (χ4v) is 2.64. The Morgan fingerprint density at radius 1 is 0.917 bits per heavy atom. The van der Waals surface area contributed by atoms with Crippen molar-refractivity contribution in [2.75, 3.05) is 19.8 Å². The maximum Gasteiger partial charge on any atom is 0.323 e. The summed E-state index contributed by atoms with van der Waals surface area (Å²) in [6.07, 6.45) is 3.88. The molecule has 0 fully saturated rings. The summed E-state index contributed by atoms with van der Waals surface area (Å²) >= 11 is 0. The average Bonchev–Trinajstić information content (AvgIpc) is 2.45. The standard InChI is InChI=1S/C18H34O5Si/c1-9-21-15(19)18(6,16(20)22-10-2)13-11-12-14-23-24(7,8)17(3,4)5/h11-12H,9-10,13-14H2,1-8H3/b12-11-. The molecule has 5 nitrogen and oxygen atoms in total. The summed E-state index contributed by atoms with van der Waals surface area (Å²) in [6, 6.07) is 0. The van der Waals surface area contributed by atoms with Gasteiger partial charge in [0.25, 0.3) is 0 Å². The van der Waals surface area contributed by atoms with Gasteiger partial charge in [0.1, 0.15) is 0 Å². The third-order valence-electron chi connectivity index (χ3n) is 4.49. The number of esters is 2. The second-order valence-corrected chi connectivity index (χ2v) is 12.3. The van der Waals surface area contributed by atoms with Crippen molar-refractivity contribution in [2.24, 2.45) is 5.41 Å². The van der Waals surface area contributed by atoms with Gasteiger partial charge in [-0.25, -0.2) is 0 Å². The molecule has 0 heterocycles. The minimum Gasteiger partial charge on any atom is -0.465 e. The summed E-state index contributed by atoms with van der Waals surface area (Å²) in [6.45, 7) is 16.8. The van der Waals surface area contributed by atoms with Gasteiger partial charge in [0, 0.05) is 0 Å². The van der Waals surface area contributed by atoms with E-state index in [2.05, 4.69) is 33.9 Å². The molecule has 0 atom stereocenters. The quantitative estimate of drug-likeness (QED) is 0.269. The van der Waals surface area contributed by atoms with E-state index >= 15 is 0 Å². The zero-order chi connectivity index (χ0) is 19.0. The zero-order valence-corrected chi connectivity index (χ0v) is 17.5. The van der Waals surface area contributed by atoms with Crippen LogP contribution in [-0.4, -0.2) is 40.1 Å². The third kappa shape index (κ3) is 6.40. The lowest BCUT2D eigenvalue weighted by molar-refractivity contribution is -0.170. The molecule has 0 spiro atoms. The fourth-order valence-electron chi connectivity index (χ4n) is 1.69. The Labute approximate surface area is 147 Å². The molecule has 0 aromatic carbocycles. The van der Waals surface area contributed by atoms with E-state index in [1.165, 1.54) is 0 Å². The van der Waals surface area contributed by atoms with Gasteiger partial charge in [0.2, 0.25) is 0 Å². The van der Waals surface area contributed by atoms with Crippen molar-refractivity contribution >= 4 is 20.3 Å². The van der Waals surface area contributed by atoms with E-state index in [1.54, 1.807) is 26.8 Å². The van der Waals surface area contributed by atoms with Gasteiger partial charge in [-0.15, -0.1) is 0 Å². The van der Waals surface area contributed by atoms with Gasteiger partial charge in [-0.3, -0.25) is 9.59 Å². The van der Waals surface area contributed by atoms with E-state index in [4.69, 9.17) is 13.9 Å². The third-order valence-corrected chi connectivity index (χ3v) is 8.99. The highest BCUT2D eigenvalue weighted by atomic mass is 28.4. The molecule has 0 aromatic heterocycles. The molecule has 6 heteroatoms. The van der Waals surface area contributed by atoms with E-state index in [9.17, 15) is 9.59 Å². The van der Waals surface area contributed by atoms with Gasteiger partial charge in [-0.2, -0.15) is 0 Å². The molecule has 0 aromatic rings. The Morgan fingerprint density at radius 2 is 1.38 bits per heavy atom. The minimum absolute atomic E-state index is 0.144. The molecule has 0 saturated heterocycles. The van der Waals surface area contributed by atoms with E-state index in [0.717, 1.165) is 0 Å². The number of carbonyl (C=O) groups excluding carboxylic acids is 2. The smallest absolute Gasteiger partial charge is 0.323 e. The lowest BCUT2D eigenvalue weighted by Crippen LogP contribution is -2.40. The fraction of sp³-hybridized carbons (Fsp3) is 0.778. The summed E-state index contributed by atoms with van der Waals surface area (Å²) in [7, 11) is -1.80. The Bertz CT molecular complexity index is 431. The van der Waals surface area contributed by atoms with Gasteiger partial charge in [-0.1, -0.05) is 32.9 Å². The van der Waals surface area contributed by atoms with E-state index in [0.29, 0.717) is 6.61 Å². The number of rotatable bonds is 9. The predicted molar refractivity (Wildman–Crippen MR) is 98.3 cm³/mol. The monoisotopic (exact) mass is 358 g/mol. The second-order valence-electron chi connectivity index (χ2n) is 7.52. The molecule has 140 valence electrons. The molecule has 0 bridgehead atoms. The highest BCUT2D eigenvalue weighted by Crippen LogP contribution is 2.36. The van der Waals surface area contributed by atoms with Crippen LogP contribution in [0.4, 0.5) is 0 Å². The van der Waals surface area contributed by atoms with Crippen LogP contribution in [0, 0.1) is 5.41 Å². The van der Waals surface area contributed by atoms with Crippen LogP contribution in [0.15, 0.2) is 12.2 Å². The molecule has 0 radical (unpaired) electrons. The molecular formula is C18H34O5Si. The number of carbonyl (C=O) groups is 2. The van der Waals surface area contributed by atoms with Crippen molar-refractivity contribution in [2.45, 2.75) is 66.1 Å². The second kappa shape index (κ2) is 9.37. The molecule has 0 amide bonds. The van der Waals surface area contributed by atoms with Crippen LogP contribution in [0.5, 0.6) is 0 Å². The van der Waals surface area contributed by atoms with E-state index in [1.807, 2.05) is 6.08 Å². The maximum absolute atomic E-state index is 12.2. The van der Waals surface area contributed by atoms with Crippen molar-refractivity contribution in [1.29, 1.82) is 0 Å². The highest BCUT2D eigenvalue weighted by Gasteiger charge is 2.43. The normalized spacial score (nSPS) is 13.2. The van der Waals surface area contributed by atoms with Crippen molar-refractivity contribution in [1.82, 2.24) is 0 Å².